The van der Waals surface area contributed by atoms with Crippen LogP contribution < -0.4 is 10.2 Å². The Labute approximate surface area is 277 Å². The van der Waals surface area contributed by atoms with E-state index in [9.17, 15) is 19.4 Å². The van der Waals surface area contributed by atoms with Gasteiger partial charge in [0.05, 0.1) is 39.9 Å². The highest BCUT2D eigenvalue weighted by Gasteiger charge is 2.23. The summed E-state index contributed by atoms with van der Waals surface area (Å²) < 4.78 is 23.0. The van der Waals surface area contributed by atoms with Gasteiger partial charge in [-0.3, -0.25) is 9.36 Å². The number of rotatable bonds is 32. The highest BCUT2D eigenvalue weighted by Crippen LogP contribution is 2.38. The minimum atomic E-state index is -4.58. The molecule has 0 radical (unpaired) electrons. The number of phosphoric ester groups is 1. The van der Waals surface area contributed by atoms with Crippen LogP contribution in [0.1, 0.15) is 149 Å². The van der Waals surface area contributed by atoms with E-state index in [0.717, 1.165) is 38.5 Å². The molecular weight excluding hydrogens is 587 g/mol. The van der Waals surface area contributed by atoms with Gasteiger partial charge in [0, 0.05) is 6.42 Å². The average molecular weight is 659 g/mol. The number of carbonyl (C=O) groups is 1. The second-order valence-corrected chi connectivity index (χ2v) is 15.0. The number of quaternary nitrogens is 1. The predicted molar refractivity (Wildman–Crippen MR) is 187 cm³/mol. The Morgan fingerprint density at radius 2 is 1.24 bits per heavy atom. The number of nitrogens with zero attached hydrogens (tertiary/aromatic N) is 1. The highest BCUT2D eigenvalue weighted by atomic mass is 31.2. The van der Waals surface area contributed by atoms with Gasteiger partial charge in [-0.15, -0.1) is 0 Å². The van der Waals surface area contributed by atoms with Gasteiger partial charge in [0.15, 0.2) is 0 Å². The number of aliphatic hydroxyl groups is 1. The topological polar surface area (TPSA) is 108 Å². The Kier molecular flexibility index (Phi) is 28.5. The van der Waals surface area contributed by atoms with Crippen molar-refractivity contribution in [1.29, 1.82) is 0 Å². The number of unbranched alkanes of at least 4 members (excludes halogenated alkanes) is 17. The zero-order valence-corrected chi connectivity index (χ0v) is 30.7. The number of amides is 1. The Morgan fingerprint density at radius 1 is 0.756 bits per heavy atom. The largest absolute Gasteiger partial charge is 0.756 e. The van der Waals surface area contributed by atoms with Crippen molar-refractivity contribution in [2.75, 3.05) is 40.9 Å². The molecule has 0 bridgehead atoms. The number of aliphatic hydroxyl groups excluding tert-OH is 1. The third kappa shape index (κ3) is 31.4. The summed E-state index contributed by atoms with van der Waals surface area (Å²) in [5, 5.41) is 13.6. The molecule has 266 valence electrons. The van der Waals surface area contributed by atoms with Crippen LogP contribution in [0.2, 0.25) is 0 Å². The molecule has 2 N–H and O–H groups in total. The second kappa shape index (κ2) is 29.1. The van der Waals surface area contributed by atoms with Gasteiger partial charge in [0.1, 0.15) is 13.2 Å². The van der Waals surface area contributed by atoms with Crippen LogP contribution in [-0.2, 0) is 18.4 Å². The van der Waals surface area contributed by atoms with Gasteiger partial charge in [-0.2, -0.15) is 0 Å². The zero-order valence-electron chi connectivity index (χ0n) is 29.8. The standard InChI is InChI=1S/C36H71N2O6P/c1-6-8-10-12-14-16-18-19-20-22-24-26-28-30-36(40)37-34(33-44-45(41,42)43-32-31-38(3,4)5)35(39)29-27-25-23-21-17-15-13-11-9-7-2/h17,21,27,29,34-35,39H,6-16,18-20,22-26,28,30-33H2,1-5H3,(H-,37,40,41,42)/b21-17+,29-27+. The van der Waals surface area contributed by atoms with Crippen LogP contribution in [0.25, 0.3) is 0 Å². The van der Waals surface area contributed by atoms with Gasteiger partial charge in [-0.1, -0.05) is 134 Å². The summed E-state index contributed by atoms with van der Waals surface area (Å²) in [5.41, 5.74) is 0. The number of phosphoric acid groups is 1. The summed E-state index contributed by atoms with van der Waals surface area (Å²) in [7, 11) is 1.24. The lowest BCUT2D eigenvalue weighted by Gasteiger charge is -2.29. The van der Waals surface area contributed by atoms with E-state index >= 15 is 0 Å². The second-order valence-electron chi connectivity index (χ2n) is 13.6. The maximum absolute atomic E-state index is 12.7. The van der Waals surface area contributed by atoms with E-state index < -0.39 is 26.6 Å². The van der Waals surface area contributed by atoms with Crippen molar-refractivity contribution >= 4 is 13.7 Å². The number of hydrogen-bond donors (Lipinski definition) is 2. The number of carbonyl (C=O) groups excluding carboxylic acids is 1. The Bertz CT molecular complexity index is 799. The molecule has 0 saturated carbocycles. The van der Waals surface area contributed by atoms with Crippen LogP contribution in [0.15, 0.2) is 24.3 Å². The molecule has 1 amide bonds. The van der Waals surface area contributed by atoms with Crippen molar-refractivity contribution in [3.63, 3.8) is 0 Å². The monoisotopic (exact) mass is 659 g/mol. The fraction of sp³-hybridized carbons (Fsp3) is 0.861. The van der Waals surface area contributed by atoms with Gasteiger partial charge >= 0.3 is 0 Å². The minimum absolute atomic E-state index is 0.00503. The van der Waals surface area contributed by atoms with Crippen molar-refractivity contribution < 1.29 is 32.9 Å². The van der Waals surface area contributed by atoms with E-state index in [1.165, 1.54) is 89.9 Å². The summed E-state index contributed by atoms with van der Waals surface area (Å²) in [5.74, 6) is -0.211. The quantitative estimate of drug-likeness (QED) is 0.0325. The molecule has 9 heteroatoms. The molecule has 0 aliphatic carbocycles. The lowest BCUT2D eigenvalue weighted by molar-refractivity contribution is -0.870. The number of allylic oxidation sites excluding steroid dienone is 3. The van der Waals surface area contributed by atoms with Crippen LogP contribution in [-0.4, -0.2) is 68.5 Å². The molecule has 0 rings (SSSR count). The molecule has 0 spiro atoms. The normalized spacial score (nSPS) is 15.1. The third-order valence-corrected chi connectivity index (χ3v) is 8.88. The first-order valence-corrected chi connectivity index (χ1v) is 19.7. The van der Waals surface area contributed by atoms with E-state index in [1.807, 2.05) is 27.2 Å². The molecule has 0 aliphatic heterocycles. The van der Waals surface area contributed by atoms with Crippen LogP contribution in [0, 0.1) is 0 Å². The summed E-state index contributed by atoms with van der Waals surface area (Å²) in [6.07, 6.45) is 30.8. The van der Waals surface area contributed by atoms with Gasteiger partial charge in [0.25, 0.3) is 7.82 Å². The number of nitrogens with one attached hydrogen (secondary N) is 1. The van der Waals surface area contributed by atoms with Crippen LogP contribution in [0.5, 0.6) is 0 Å². The molecule has 45 heavy (non-hydrogen) atoms. The summed E-state index contributed by atoms with van der Waals surface area (Å²) in [4.78, 5) is 25.1. The molecule has 3 unspecified atom stereocenters. The Balaban J connectivity index is 4.58. The molecule has 0 saturated heterocycles. The van der Waals surface area contributed by atoms with Crippen LogP contribution in [0.3, 0.4) is 0 Å². The first kappa shape index (κ1) is 44.0. The minimum Gasteiger partial charge on any atom is -0.756 e. The van der Waals surface area contributed by atoms with E-state index in [0.29, 0.717) is 17.4 Å². The molecule has 0 aromatic carbocycles. The van der Waals surface area contributed by atoms with Crippen molar-refractivity contribution in [3.05, 3.63) is 24.3 Å². The molecule has 0 fully saturated rings. The van der Waals surface area contributed by atoms with E-state index in [-0.39, 0.29) is 12.5 Å². The fourth-order valence-electron chi connectivity index (χ4n) is 4.93. The Hall–Kier alpha value is -1.02. The molecule has 0 aliphatic rings. The summed E-state index contributed by atoms with van der Waals surface area (Å²) in [6.45, 7) is 4.56. The van der Waals surface area contributed by atoms with Gasteiger partial charge in [0.2, 0.25) is 5.91 Å². The van der Waals surface area contributed by atoms with Crippen molar-refractivity contribution in [3.8, 4) is 0 Å². The van der Waals surface area contributed by atoms with E-state index in [4.69, 9.17) is 9.05 Å². The smallest absolute Gasteiger partial charge is 0.268 e. The average Bonchev–Trinajstić information content (AvgIpc) is 2.97. The van der Waals surface area contributed by atoms with Crippen LogP contribution >= 0.6 is 7.82 Å². The fourth-order valence-corrected chi connectivity index (χ4v) is 5.65. The predicted octanol–water partition coefficient (Wildman–Crippen LogP) is 8.38. The van der Waals surface area contributed by atoms with Crippen molar-refractivity contribution in [2.24, 2.45) is 0 Å². The Morgan fingerprint density at radius 3 is 1.80 bits per heavy atom. The van der Waals surface area contributed by atoms with Crippen molar-refractivity contribution in [1.82, 2.24) is 5.32 Å². The number of hydrogen-bond acceptors (Lipinski definition) is 6. The summed E-state index contributed by atoms with van der Waals surface area (Å²) in [6, 6.07) is -0.894. The highest BCUT2D eigenvalue weighted by molar-refractivity contribution is 7.45. The van der Waals surface area contributed by atoms with Gasteiger partial charge in [-0.25, -0.2) is 0 Å². The van der Waals surface area contributed by atoms with E-state index in [2.05, 4.69) is 31.3 Å². The zero-order chi connectivity index (χ0) is 33.7. The maximum atomic E-state index is 12.7. The number of likely N-dealkylation sites (N-methyl/N-ethyl adjacent to an activating group) is 1. The van der Waals surface area contributed by atoms with Crippen LogP contribution in [0.4, 0.5) is 0 Å². The maximum Gasteiger partial charge on any atom is 0.268 e. The summed E-state index contributed by atoms with van der Waals surface area (Å²) >= 11 is 0. The first-order valence-electron chi connectivity index (χ1n) is 18.2. The lowest BCUT2D eigenvalue weighted by Crippen LogP contribution is -2.45. The van der Waals surface area contributed by atoms with Crippen molar-refractivity contribution in [2.45, 2.75) is 161 Å². The van der Waals surface area contributed by atoms with Gasteiger partial charge < -0.3 is 28.8 Å². The molecule has 0 aromatic rings. The molecular formula is C36H71N2O6P. The van der Waals surface area contributed by atoms with E-state index in [1.54, 1.807) is 6.08 Å². The molecule has 0 aromatic heterocycles. The lowest BCUT2D eigenvalue weighted by atomic mass is 10.0. The molecule has 0 heterocycles. The third-order valence-electron chi connectivity index (χ3n) is 7.91. The molecule has 3 atom stereocenters. The first-order chi connectivity index (χ1) is 21.5. The van der Waals surface area contributed by atoms with Gasteiger partial charge in [-0.05, 0) is 32.1 Å². The molecule has 8 nitrogen and oxygen atoms in total. The SMILES string of the molecule is CCCCCC/C=C/CC/C=C/C(O)C(COP(=O)([O-])OCC[N+](C)(C)C)NC(=O)CCCCCCCCCCCCCCC.